The van der Waals surface area contributed by atoms with E-state index in [1.165, 1.54) is 30.6 Å². The van der Waals surface area contributed by atoms with E-state index in [1.807, 2.05) is 6.92 Å². The summed E-state index contributed by atoms with van der Waals surface area (Å²) in [6, 6.07) is 11.2. The van der Waals surface area contributed by atoms with Crippen molar-refractivity contribution in [2.75, 3.05) is 6.61 Å². The molecule has 0 bridgehead atoms. The summed E-state index contributed by atoms with van der Waals surface area (Å²) in [5.74, 6) is -0.500. The van der Waals surface area contributed by atoms with Crippen LogP contribution < -0.4 is 4.74 Å². The third-order valence-electron chi connectivity index (χ3n) is 2.92. The number of hydrogen-bond donors (Lipinski definition) is 2. The lowest BCUT2D eigenvalue weighted by Gasteiger charge is -2.05. The standard InChI is InChI=1S/C17H16N2O4/c1-2-23-16-9-13(5-8-15(16)20)11-19-18-10-12-3-6-14(7-4-12)17(21)22/h3-11,20H,2H2,1H3,(H,21,22)/b18-10+,19-11+. The molecule has 118 valence electrons. The lowest BCUT2D eigenvalue weighted by atomic mass is 10.1. The number of ether oxygens (including phenoxy) is 1. The van der Waals surface area contributed by atoms with E-state index in [2.05, 4.69) is 10.2 Å². The summed E-state index contributed by atoms with van der Waals surface area (Å²) >= 11 is 0. The first-order chi connectivity index (χ1) is 11.1. The van der Waals surface area contributed by atoms with E-state index >= 15 is 0 Å². The van der Waals surface area contributed by atoms with Crippen LogP contribution in [-0.2, 0) is 0 Å². The van der Waals surface area contributed by atoms with Gasteiger partial charge in [0.1, 0.15) is 0 Å². The summed E-state index contributed by atoms with van der Waals surface area (Å²) in [5.41, 5.74) is 1.70. The topological polar surface area (TPSA) is 91.5 Å². The summed E-state index contributed by atoms with van der Waals surface area (Å²) in [7, 11) is 0. The molecule has 0 radical (unpaired) electrons. The Morgan fingerprint density at radius 2 is 1.70 bits per heavy atom. The number of phenols is 1. The van der Waals surface area contributed by atoms with Gasteiger partial charge in [-0.05, 0) is 48.4 Å². The van der Waals surface area contributed by atoms with Crippen LogP contribution in [0.2, 0.25) is 0 Å². The van der Waals surface area contributed by atoms with Crippen LogP contribution in [0.1, 0.15) is 28.4 Å². The van der Waals surface area contributed by atoms with Crippen molar-refractivity contribution < 1.29 is 19.7 Å². The van der Waals surface area contributed by atoms with E-state index in [1.54, 1.807) is 24.3 Å². The maximum absolute atomic E-state index is 10.7. The Morgan fingerprint density at radius 3 is 2.30 bits per heavy atom. The molecule has 23 heavy (non-hydrogen) atoms. The Labute approximate surface area is 133 Å². The van der Waals surface area contributed by atoms with Gasteiger partial charge in [0.25, 0.3) is 0 Å². The molecule has 6 heteroatoms. The maximum Gasteiger partial charge on any atom is 0.335 e. The number of carboxylic acid groups (broad SMARTS) is 1. The Bertz CT molecular complexity index is 737. The van der Waals surface area contributed by atoms with Crippen LogP contribution in [0, 0.1) is 0 Å². The third-order valence-corrected chi connectivity index (χ3v) is 2.92. The Morgan fingerprint density at radius 1 is 1.09 bits per heavy atom. The molecule has 6 nitrogen and oxygen atoms in total. The fraction of sp³-hybridized carbons (Fsp3) is 0.118. The minimum absolute atomic E-state index is 0.0750. The Kier molecular flexibility index (Phi) is 5.46. The van der Waals surface area contributed by atoms with Crippen LogP contribution in [0.25, 0.3) is 0 Å². The van der Waals surface area contributed by atoms with Crippen molar-refractivity contribution in [3.8, 4) is 11.5 Å². The predicted molar refractivity (Wildman–Crippen MR) is 87.9 cm³/mol. The second-order valence-electron chi connectivity index (χ2n) is 4.58. The van der Waals surface area contributed by atoms with Crippen molar-refractivity contribution in [2.45, 2.75) is 6.92 Å². The van der Waals surface area contributed by atoms with Crippen LogP contribution in [0.3, 0.4) is 0 Å². The van der Waals surface area contributed by atoms with Crippen LogP contribution >= 0.6 is 0 Å². The third kappa shape index (κ3) is 4.67. The molecule has 0 heterocycles. The van der Waals surface area contributed by atoms with Gasteiger partial charge < -0.3 is 14.9 Å². The van der Waals surface area contributed by atoms with Crippen molar-refractivity contribution in [3.05, 3.63) is 59.2 Å². The van der Waals surface area contributed by atoms with Gasteiger partial charge in [-0.3, -0.25) is 0 Å². The highest BCUT2D eigenvalue weighted by Gasteiger charge is 2.02. The number of nitrogens with zero attached hydrogens (tertiary/aromatic N) is 2. The smallest absolute Gasteiger partial charge is 0.335 e. The molecule has 0 atom stereocenters. The second-order valence-corrected chi connectivity index (χ2v) is 4.58. The molecule has 2 aromatic carbocycles. The van der Waals surface area contributed by atoms with E-state index in [-0.39, 0.29) is 11.3 Å². The van der Waals surface area contributed by atoms with Crippen LogP contribution in [0.5, 0.6) is 11.5 Å². The molecule has 0 aliphatic heterocycles. The van der Waals surface area contributed by atoms with E-state index in [0.29, 0.717) is 12.4 Å². The van der Waals surface area contributed by atoms with Crippen molar-refractivity contribution in [1.82, 2.24) is 0 Å². The summed E-state index contributed by atoms with van der Waals surface area (Å²) in [6.45, 7) is 2.29. The largest absolute Gasteiger partial charge is 0.504 e. The van der Waals surface area contributed by atoms with Crippen molar-refractivity contribution in [1.29, 1.82) is 0 Å². The molecule has 0 fully saturated rings. The molecule has 0 aliphatic rings. The fourth-order valence-electron chi connectivity index (χ4n) is 1.79. The zero-order valence-electron chi connectivity index (χ0n) is 12.5. The summed E-state index contributed by atoms with van der Waals surface area (Å²) in [6.07, 6.45) is 3.05. The SMILES string of the molecule is CCOc1cc(/C=N/N=C/c2ccc(C(=O)O)cc2)ccc1O. The number of aromatic carboxylic acids is 1. The molecule has 0 amide bonds. The molecular weight excluding hydrogens is 296 g/mol. The molecule has 0 aromatic heterocycles. The number of benzene rings is 2. The summed E-state index contributed by atoms with van der Waals surface area (Å²) in [5, 5.41) is 26.2. The molecule has 0 saturated carbocycles. The lowest BCUT2D eigenvalue weighted by molar-refractivity contribution is 0.0697. The minimum atomic E-state index is -0.969. The predicted octanol–water partition coefficient (Wildman–Crippen LogP) is 2.94. The molecule has 0 unspecified atom stereocenters. The quantitative estimate of drug-likeness (QED) is 0.633. The number of carboxylic acids is 1. The Hall–Kier alpha value is -3.15. The first-order valence-electron chi connectivity index (χ1n) is 6.95. The molecule has 2 rings (SSSR count). The molecular formula is C17H16N2O4. The Balaban J connectivity index is 2.03. The van der Waals surface area contributed by atoms with Gasteiger partial charge >= 0.3 is 5.97 Å². The first-order valence-corrected chi connectivity index (χ1v) is 6.95. The van der Waals surface area contributed by atoms with E-state index < -0.39 is 5.97 Å². The van der Waals surface area contributed by atoms with Gasteiger partial charge in [-0.25, -0.2) is 4.79 Å². The summed E-state index contributed by atoms with van der Waals surface area (Å²) in [4.78, 5) is 10.7. The second kappa shape index (κ2) is 7.74. The van der Waals surface area contributed by atoms with Gasteiger partial charge in [0.15, 0.2) is 11.5 Å². The van der Waals surface area contributed by atoms with Gasteiger partial charge in [-0.1, -0.05) is 12.1 Å². The average molecular weight is 312 g/mol. The first kappa shape index (κ1) is 16.2. The highest BCUT2D eigenvalue weighted by molar-refractivity contribution is 5.89. The summed E-state index contributed by atoms with van der Waals surface area (Å²) < 4.78 is 5.29. The number of carbonyl (C=O) groups is 1. The lowest BCUT2D eigenvalue weighted by Crippen LogP contribution is -1.95. The van der Waals surface area contributed by atoms with Crippen molar-refractivity contribution in [3.63, 3.8) is 0 Å². The van der Waals surface area contributed by atoms with Gasteiger partial charge in [0.2, 0.25) is 0 Å². The fourth-order valence-corrected chi connectivity index (χ4v) is 1.79. The highest BCUT2D eigenvalue weighted by atomic mass is 16.5. The molecule has 0 aliphatic carbocycles. The van der Waals surface area contributed by atoms with Gasteiger partial charge in [0, 0.05) is 0 Å². The minimum Gasteiger partial charge on any atom is -0.504 e. The van der Waals surface area contributed by atoms with Crippen LogP contribution in [0.4, 0.5) is 0 Å². The zero-order chi connectivity index (χ0) is 16.7. The molecule has 2 aromatic rings. The molecule has 0 spiro atoms. The maximum atomic E-state index is 10.7. The molecule has 0 saturated heterocycles. The zero-order valence-corrected chi connectivity index (χ0v) is 12.5. The van der Waals surface area contributed by atoms with Crippen molar-refractivity contribution >= 4 is 18.4 Å². The number of aromatic hydroxyl groups is 1. The number of phenolic OH excluding ortho intramolecular Hbond substituents is 1. The van der Waals surface area contributed by atoms with E-state index in [0.717, 1.165) is 11.1 Å². The number of rotatable bonds is 6. The molecule has 2 N–H and O–H groups in total. The van der Waals surface area contributed by atoms with Gasteiger partial charge in [0.05, 0.1) is 24.6 Å². The van der Waals surface area contributed by atoms with Gasteiger partial charge in [-0.15, -0.1) is 0 Å². The van der Waals surface area contributed by atoms with Gasteiger partial charge in [-0.2, -0.15) is 10.2 Å². The van der Waals surface area contributed by atoms with Crippen LogP contribution in [0.15, 0.2) is 52.7 Å². The normalized spacial score (nSPS) is 11.2. The number of hydrogen-bond acceptors (Lipinski definition) is 5. The van der Waals surface area contributed by atoms with E-state index in [4.69, 9.17) is 9.84 Å². The van der Waals surface area contributed by atoms with E-state index in [9.17, 15) is 9.90 Å². The van der Waals surface area contributed by atoms with Crippen LogP contribution in [-0.4, -0.2) is 35.2 Å². The monoisotopic (exact) mass is 312 g/mol. The average Bonchev–Trinajstić information content (AvgIpc) is 2.55. The highest BCUT2D eigenvalue weighted by Crippen LogP contribution is 2.26. The van der Waals surface area contributed by atoms with Crippen molar-refractivity contribution in [2.24, 2.45) is 10.2 Å².